The number of rotatable bonds is 3. The molecule has 2 N–H and O–H groups in total. The molecule has 0 radical (unpaired) electrons. The highest BCUT2D eigenvalue weighted by molar-refractivity contribution is 5.80. The summed E-state index contributed by atoms with van der Waals surface area (Å²) in [6.07, 6.45) is 0. The van der Waals surface area contributed by atoms with Gasteiger partial charge in [-0.05, 0) is 41.3 Å². The second-order valence-corrected chi connectivity index (χ2v) is 4.65. The molecular weight excluding hydrogens is 222 g/mol. The lowest BCUT2D eigenvalue weighted by Crippen LogP contribution is -2.03. The molecule has 18 heavy (non-hydrogen) atoms. The van der Waals surface area contributed by atoms with Gasteiger partial charge in [-0.25, -0.2) is 0 Å². The second-order valence-electron chi connectivity index (χ2n) is 4.65. The Labute approximate surface area is 107 Å². The zero-order valence-electron chi connectivity index (χ0n) is 10.5. The van der Waals surface area contributed by atoms with Crippen LogP contribution in [0.5, 0.6) is 0 Å². The summed E-state index contributed by atoms with van der Waals surface area (Å²) in [6.45, 7) is 3.17. The van der Waals surface area contributed by atoms with Gasteiger partial charge in [-0.3, -0.25) is 0 Å². The monoisotopic (exact) mass is 239 g/mol. The Morgan fingerprint density at radius 3 is 2.61 bits per heavy atom. The average Bonchev–Trinajstić information content (AvgIpc) is 2.72. The summed E-state index contributed by atoms with van der Waals surface area (Å²) in [5.41, 5.74) is 6.12. The van der Waals surface area contributed by atoms with Crippen molar-refractivity contribution in [2.24, 2.45) is 0 Å². The molecule has 0 heterocycles. The Morgan fingerprint density at radius 2 is 1.83 bits per heavy atom. The molecule has 0 aromatic heterocycles. The molecule has 2 nitrogen and oxygen atoms in total. The van der Waals surface area contributed by atoms with E-state index in [0.29, 0.717) is 0 Å². The van der Waals surface area contributed by atoms with Gasteiger partial charge < -0.3 is 10.4 Å². The van der Waals surface area contributed by atoms with Crippen LogP contribution in [0.25, 0.3) is 11.1 Å². The highest BCUT2D eigenvalue weighted by Crippen LogP contribution is 2.45. The molecule has 1 aliphatic rings. The van der Waals surface area contributed by atoms with Crippen LogP contribution >= 0.6 is 0 Å². The Bertz CT molecular complexity index is 577. The summed E-state index contributed by atoms with van der Waals surface area (Å²) >= 11 is 0. The topological polar surface area (TPSA) is 32.3 Å². The predicted molar refractivity (Wildman–Crippen MR) is 75.0 cm³/mol. The van der Waals surface area contributed by atoms with Crippen LogP contribution in [0.3, 0.4) is 0 Å². The van der Waals surface area contributed by atoms with Crippen LogP contribution < -0.4 is 5.32 Å². The number of hydrogen-bond donors (Lipinski definition) is 2. The van der Waals surface area contributed by atoms with E-state index >= 15 is 0 Å². The van der Waals surface area contributed by atoms with Gasteiger partial charge in [0.25, 0.3) is 0 Å². The van der Waals surface area contributed by atoms with Gasteiger partial charge in [0.1, 0.15) is 0 Å². The third kappa shape index (κ3) is 1.61. The minimum atomic E-state index is 0.120. The molecule has 1 atom stereocenters. The van der Waals surface area contributed by atoms with Crippen molar-refractivity contribution in [3.05, 3.63) is 53.6 Å². The summed E-state index contributed by atoms with van der Waals surface area (Å²) in [5.74, 6) is 0.120. The molecule has 0 saturated carbocycles. The molecule has 1 unspecified atom stereocenters. The first-order valence-corrected chi connectivity index (χ1v) is 6.43. The van der Waals surface area contributed by atoms with Gasteiger partial charge in [0.15, 0.2) is 0 Å². The van der Waals surface area contributed by atoms with Crippen LogP contribution in [0.2, 0.25) is 0 Å². The van der Waals surface area contributed by atoms with Crippen LogP contribution in [0, 0.1) is 0 Å². The van der Waals surface area contributed by atoms with E-state index < -0.39 is 0 Å². The Morgan fingerprint density at radius 1 is 1.06 bits per heavy atom. The third-order valence-corrected chi connectivity index (χ3v) is 3.62. The van der Waals surface area contributed by atoms with Crippen molar-refractivity contribution in [1.82, 2.24) is 0 Å². The number of hydrogen-bond acceptors (Lipinski definition) is 2. The molecule has 92 valence electrons. The SMILES string of the molecule is CCNc1ccc2c(c1)C(CO)c1ccccc1-2. The zero-order valence-corrected chi connectivity index (χ0v) is 10.5. The highest BCUT2D eigenvalue weighted by atomic mass is 16.3. The third-order valence-electron chi connectivity index (χ3n) is 3.62. The molecule has 0 aliphatic heterocycles. The Hall–Kier alpha value is -1.80. The fraction of sp³-hybridized carbons (Fsp3) is 0.250. The molecule has 0 saturated heterocycles. The Balaban J connectivity index is 2.14. The van der Waals surface area contributed by atoms with Gasteiger partial charge in [-0.2, -0.15) is 0 Å². The van der Waals surface area contributed by atoms with E-state index in [1.54, 1.807) is 0 Å². The van der Waals surface area contributed by atoms with Crippen molar-refractivity contribution in [1.29, 1.82) is 0 Å². The summed E-state index contributed by atoms with van der Waals surface area (Å²) in [7, 11) is 0. The van der Waals surface area contributed by atoms with Crippen LogP contribution in [-0.2, 0) is 0 Å². The van der Waals surface area contributed by atoms with Crippen LogP contribution in [0.4, 0.5) is 5.69 Å². The van der Waals surface area contributed by atoms with Gasteiger partial charge in [0.05, 0.1) is 6.61 Å². The van der Waals surface area contributed by atoms with Crippen molar-refractivity contribution in [3.8, 4) is 11.1 Å². The smallest absolute Gasteiger partial charge is 0.0540 e. The van der Waals surface area contributed by atoms with Gasteiger partial charge in [-0.1, -0.05) is 30.3 Å². The average molecular weight is 239 g/mol. The molecule has 0 amide bonds. The minimum Gasteiger partial charge on any atom is -0.395 e. The molecule has 1 aliphatic carbocycles. The molecule has 0 spiro atoms. The summed E-state index contributed by atoms with van der Waals surface area (Å²) in [4.78, 5) is 0. The van der Waals surface area contributed by atoms with E-state index in [1.165, 1.54) is 22.3 Å². The van der Waals surface area contributed by atoms with Gasteiger partial charge in [0.2, 0.25) is 0 Å². The maximum Gasteiger partial charge on any atom is 0.0540 e. The van der Waals surface area contributed by atoms with Crippen molar-refractivity contribution in [2.75, 3.05) is 18.5 Å². The first kappa shape index (κ1) is 11.3. The molecule has 2 aromatic rings. The molecular formula is C16H17NO. The lowest BCUT2D eigenvalue weighted by atomic mass is 9.98. The second kappa shape index (κ2) is 4.46. The number of anilines is 1. The normalized spacial score (nSPS) is 16.2. The van der Waals surface area contributed by atoms with Crippen LogP contribution in [-0.4, -0.2) is 18.3 Å². The van der Waals surface area contributed by atoms with E-state index in [0.717, 1.165) is 12.2 Å². The summed E-state index contributed by atoms with van der Waals surface area (Å²) in [6, 6.07) is 14.8. The number of aliphatic hydroxyl groups is 1. The van der Waals surface area contributed by atoms with E-state index in [2.05, 4.69) is 48.6 Å². The van der Waals surface area contributed by atoms with Crippen molar-refractivity contribution < 1.29 is 5.11 Å². The summed E-state index contributed by atoms with van der Waals surface area (Å²) in [5, 5.41) is 13.0. The molecule has 3 rings (SSSR count). The van der Waals surface area contributed by atoms with Crippen molar-refractivity contribution in [3.63, 3.8) is 0 Å². The fourth-order valence-electron chi connectivity index (χ4n) is 2.82. The van der Waals surface area contributed by atoms with E-state index in [-0.39, 0.29) is 12.5 Å². The van der Waals surface area contributed by atoms with Gasteiger partial charge in [-0.15, -0.1) is 0 Å². The number of aliphatic hydroxyl groups excluding tert-OH is 1. The summed E-state index contributed by atoms with van der Waals surface area (Å²) < 4.78 is 0. The zero-order chi connectivity index (χ0) is 12.5. The Kier molecular flexibility index (Phi) is 2.80. The van der Waals surface area contributed by atoms with Gasteiger partial charge >= 0.3 is 0 Å². The minimum absolute atomic E-state index is 0.120. The molecule has 0 fully saturated rings. The van der Waals surface area contributed by atoms with Crippen molar-refractivity contribution in [2.45, 2.75) is 12.8 Å². The van der Waals surface area contributed by atoms with Gasteiger partial charge in [0, 0.05) is 18.2 Å². The predicted octanol–water partition coefficient (Wildman–Crippen LogP) is 3.22. The first-order chi connectivity index (χ1) is 8.85. The van der Waals surface area contributed by atoms with E-state index in [1.807, 2.05) is 6.07 Å². The maximum atomic E-state index is 9.66. The molecule has 0 bridgehead atoms. The number of fused-ring (bicyclic) bond motifs is 3. The first-order valence-electron chi connectivity index (χ1n) is 6.43. The van der Waals surface area contributed by atoms with E-state index in [9.17, 15) is 5.11 Å². The number of benzene rings is 2. The standard InChI is InChI=1S/C16H17NO/c1-2-17-11-7-8-14-12-5-3-4-6-13(12)16(10-18)15(14)9-11/h3-9,16-18H,2,10H2,1H3. The van der Waals surface area contributed by atoms with E-state index in [4.69, 9.17) is 0 Å². The van der Waals surface area contributed by atoms with Crippen LogP contribution in [0.1, 0.15) is 24.0 Å². The van der Waals surface area contributed by atoms with Crippen molar-refractivity contribution >= 4 is 5.69 Å². The highest BCUT2D eigenvalue weighted by Gasteiger charge is 2.27. The lowest BCUT2D eigenvalue weighted by molar-refractivity contribution is 0.282. The lowest BCUT2D eigenvalue weighted by Gasteiger charge is -2.11. The number of nitrogens with one attached hydrogen (secondary N) is 1. The quantitative estimate of drug-likeness (QED) is 0.862. The largest absolute Gasteiger partial charge is 0.395 e. The molecule has 2 aromatic carbocycles. The fourth-order valence-corrected chi connectivity index (χ4v) is 2.82. The maximum absolute atomic E-state index is 9.66. The van der Waals surface area contributed by atoms with Crippen LogP contribution in [0.15, 0.2) is 42.5 Å². The molecule has 2 heteroatoms.